The number of aliphatic hydroxyl groups is 4. The van der Waals surface area contributed by atoms with Gasteiger partial charge in [0.25, 0.3) is 0 Å². The van der Waals surface area contributed by atoms with Crippen LogP contribution in [-0.4, -0.2) is 76.6 Å². The Morgan fingerprint density at radius 3 is 1.15 bits per heavy atom. The summed E-state index contributed by atoms with van der Waals surface area (Å²) in [5.74, 6) is 0. The normalized spacial score (nSPS) is 39.8. The zero-order valence-corrected chi connectivity index (χ0v) is 11.4. The monoisotopic (exact) mass is 340 g/mol. The van der Waals surface area contributed by atoms with Gasteiger partial charge in [0, 0.05) is 0 Å². The second kappa shape index (κ2) is 6.05. The van der Waals surface area contributed by atoms with Crippen molar-refractivity contribution in [2.45, 2.75) is 36.6 Å². The van der Waals surface area contributed by atoms with Crippen molar-refractivity contribution < 1.29 is 58.2 Å². The van der Waals surface area contributed by atoms with Gasteiger partial charge in [0.2, 0.25) is 0 Å². The maximum atomic E-state index is 10.7. The smallest absolute Gasteiger partial charge is 0.387 e. The van der Waals surface area contributed by atoms with Crippen LogP contribution in [0, 0.1) is 0 Å². The topological polar surface area (TPSA) is 214 Å². The van der Waals surface area contributed by atoms with Crippen LogP contribution in [0.2, 0.25) is 0 Å². The van der Waals surface area contributed by atoms with E-state index in [1.165, 1.54) is 0 Å². The summed E-state index contributed by atoms with van der Waals surface area (Å²) in [7, 11) is -10.4. The molecule has 0 amide bonds. The van der Waals surface area contributed by atoms with Crippen LogP contribution >= 0.6 is 15.6 Å². The van der Waals surface area contributed by atoms with Crippen molar-refractivity contribution in [1.82, 2.24) is 0 Å². The van der Waals surface area contributed by atoms with Crippen LogP contribution in [0.3, 0.4) is 0 Å². The maximum absolute atomic E-state index is 10.7. The van der Waals surface area contributed by atoms with Gasteiger partial charge < -0.3 is 40.0 Å². The third-order valence-electron chi connectivity index (χ3n) is 2.56. The number of phosphoric ester groups is 2. The van der Waals surface area contributed by atoms with Crippen LogP contribution in [-0.2, 0) is 18.2 Å². The summed E-state index contributed by atoms with van der Waals surface area (Å²) in [5, 5.41) is 38.0. The number of phosphoric acid groups is 2. The van der Waals surface area contributed by atoms with Gasteiger partial charge in [0.1, 0.15) is 36.6 Å². The van der Waals surface area contributed by atoms with E-state index in [1.54, 1.807) is 0 Å². The van der Waals surface area contributed by atoms with Gasteiger partial charge >= 0.3 is 15.6 Å². The van der Waals surface area contributed by atoms with E-state index in [4.69, 9.17) is 19.6 Å². The lowest BCUT2D eigenvalue weighted by molar-refractivity contribution is -0.215. The van der Waals surface area contributed by atoms with Gasteiger partial charge in [-0.05, 0) is 0 Å². The summed E-state index contributed by atoms with van der Waals surface area (Å²) in [6.45, 7) is 0. The molecule has 6 atom stereocenters. The van der Waals surface area contributed by atoms with Gasteiger partial charge in [-0.1, -0.05) is 0 Å². The fourth-order valence-electron chi connectivity index (χ4n) is 1.75. The minimum absolute atomic E-state index is 2.12. The number of rotatable bonds is 4. The summed E-state index contributed by atoms with van der Waals surface area (Å²) < 4.78 is 29.4. The molecule has 0 aromatic heterocycles. The minimum atomic E-state index is -5.20. The highest BCUT2D eigenvalue weighted by Gasteiger charge is 2.53. The molecular formula is C6H14O12P2. The largest absolute Gasteiger partial charge is 0.470 e. The predicted molar refractivity (Wildman–Crippen MR) is 57.9 cm³/mol. The van der Waals surface area contributed by atoms with Gasteiger partial charge in [0.05, 0.1) is 0 Å². The first kappa shape index (κ1) is 18.1. The molecule has 0 unspecified atom stereocenters. The molecule has 0 aromatic carbocycles. The van der Waals surface area contributed by atoms with Crippen LogP contribution in [0.25, 0.3) is 0 Å². The molecule has 1 aliphatic carbocycles. The highest BCUT2D eigenvalue weighted by molar-refractivity contribution is 7.46. The first-order valence-corrected chi connectivity index (χ1v) is 8.10. The molecule has 0 aliphatic heterocycles. The van der Waals surface area contributed by atoms with Crippen molar-refractivity contribution in [1.29, 1.82) is 0 Å². The van der Waals surface area contributed by atoms with E-state index in [0.717, 1.165) is 0 Å². The second-order valence-corrected chi connectivity index (χ2v) is 6.47. The first-order chi connectivity index (χ1) is 8.83. The van der Waals surface area contributed by atoms with E-state index in [1.807, 2.05) is 0 Å². The van der Waals surface area contributed by atoms with E-state index in [-0.39, 0.29) is 0 Å². The van der Waals surface area contributed by atoms with E-state index in [0.29, 0.717) is 0 Å². The molecule has 20 heavy (non-hydrogen) atoms. The molecule has 8 N–H and O–H groups in total. The third-order valence-corrected chi connectivity index (χ3v) is 3.60. The van der Waals surface area contributed by atoms with Gasteiger partial charge in [-0.15, -0.1) is 0 Å². The zero-order valence-electron chi connectivity index (χ0n) is 9.57. The summed E-state index contributed by atoms with van der Waals surface area (Å²) in [4.78, 5) is 34.4. The van der Waals surface area contributed by atoms with Crippen molar-refractivity contribution >= 4 is 15.6 Å². The molecule has 1 fully saturated rings. The third kappa shape index (κ3) is 4.53. The standard InChI is InChI=1S/C6H14O12P2/c7-1-2(8)5(17-19(11,12)13)4(10)6(3(1)9)18-20(14,15)16/h1-10H,(H2,11,12,13)(H2,14,15,16)/t1-,2-,3+,4-,5-,6-/m1/s1. The van der Waals surface area contributed by atoms with Crippen LogP contribution in [0.5, 0.6) is 0 Å². The highest BCUT2D eigenvalue weighted by Crippen LogP contribution is 2.45. The molecule has 1 saturated carbocycles. The van der Waals surface area contributed by atoms with Crippen molar-refractivity contribution in [3.05, 3.63) is 0 Å². The van der Waals surface area contributed by atoms with Crippen LogP contribution < -0.4 is 0 Å². The average Bonchev–Trinajstić information content (AvgIpc) is 2.25. The molecule has 0 bridgehead atoms. The summed E-state index contributed by atoms with van der Waals surface area (Å²) in [6, 6.07) is 0. The Morgan fingerprint density at radius 1 is 0.600 bits per heavy atom. The van der Waals surface area contributed by atoms with Crippen LogP contribution in [0.1, 0.15) is 0 Å². The molecule has 0 heterocycles. The Hall–Kier alpha value is 0.0600. The van der Waals surface area contributed by atoms with E-state index in [9.17, 15) is 29.6 Å². The fraction of sp³-hybridized carbons (Fsp3) is 1.00. The molecule has 14 heteroatoms. The lowest BCUT2D eigenvalue weighted by Gasteiger charge is -2.42. The van der Waals surface area contributed by atoms with Gasteiger partial charge in [-0.3, -0.25) is 9.05 Å². The molecule has 1 rings (SSSR count). The van der Waals surface area contributed by atoms with Crippen molar-refractivity contribution in [2.75, 3.05) is 0 Å². The summed E-state index contributed by atoms with van der Waals surface area (Å²) in [5.41, 5.74) is 0. The Bertz CT molecular complexity index is 390. The minimum Gasteiger partial charge on any atom is -0.387 e. The zero-order chi connectivity index (χ0) is 15.9. The van der Waals surface area contributed by atoms with Crippen LogP contribution in [0.4, 0.5) is 0 Å². The second-order valence-electron chi connectivity index (χ2n) is 4.08. The first-order valence-electron chi connectivity index (χ1n) is 5.03. The molecule has 1 aliphatic rings. The van der Waals surface area contributed by atoms with Crippen LogP contribution in [0.15, 0.2) is 0 Å². The Morgan fingerprint density at radius 2 is 0.900 bits per heavy atom. The molecule has 12 nitrogen and oxygen atoms in total. The van der Waals surface area contributed by atoms with Gasteiger partial charge in [0.15, 0.2) is 0 Å². The Labute approximate surface area is 111 Å². The van der Waals surface area contributed by atoms with E-state index < -0.39 is 52.3 Å². The van der Waals surface area contributed by atoms with Crippen molar-refractivity contribution in [3.8, 4) is 0 Å². The quantitative estimate of drug-likeness (QED) is 0.233. The van der Waals surface area contributed by atoms with Crippen molar-refractivity contribution in [2.24, 2.45) is 0 Å². The number of hydrogen-bond acceptors (Lipinski definition) is 8. The SMILES string of the molecule is O=P(O)(O)O[C@H]1[C@@H](O)[C@H](OP(=O)(O)O)[C@@H](O)[C@H](O)[C@H]1O. The van der Waals surface area contributed by atoms with Gasteiger partial charge in [-0.25, -0.2) is 9.13 Å². The summed E-state index contributed by atoms with van der Waals surface area (Å²) in [6.07, 6.45) is -12.8. The molecular weight excluding hydrogens is 326 g/mol. The molecule has 120 valence electrons. The number of hydrogen-bond donors (Lipinski definition) is 8. The predicted octanol–water partition coefficient (Wildman–Crippen LogP) is -3.60. The van der Waals surface area contributed by atoms with Gasteiger partial charge in [-0.2, -0.15) is 0 Å². The average molecular weight is 340 g/mol. The lowest BCUT2D eigenvalue weighted by atomic mass is 9.85. The Kier molecular flexibility index (Phi) is 5.48. The fourth-order valence-corrected chi connectivity index (χ4v) is 2.88. The van der Waals surface area contributed by atoms with E-state index >= 15 is 0 Å². The molecule has 0 spiro atoms. The maximum Gasteiger partial charge on any atom is 0.470 e. The summed E-state index contributed by atoms with van der Waals surface area (Å²) >= 11 is 0. The lowest BCUT2D eigenvalue weighted by Crippen LogP contribution is -2.64. The molecule has 0 aromatic rings. The highest BCUT2D eigenvalue weighted by atomic mass is 31.2. The number of aliphatic hydroxyl groups excluding tert-OH is 4. The van der Waals surface area contributed by atoms with E-state index in [2.05, 4.69) is 9.05 Å². The van der Waals surface area contributed by atoms with Crippen molar-refractivity contribution in [3.63, 3.8) is 0 Å². The molecule has 0 saturated heterocycles. The molecule has 0 radical (unpaired) electrons. The Balaban J connectivity index is 3.02.